The molecule has 3 aromatic rings. The van der Waals surface area contributed by atoms with Gasteiger partial charge in [0, 0.05) is 18.1 Å². The smallest absolute Gasteiger partial charge is 0.161 e. The molecule has 1 aromatic heterocycles. The molecule has 0 aliphatic heterocycles. The van der Waals surface area contributed by atoms with Gasteiger partial charge < -0.3 is 23.7 Å². The van der Waals surface area contributed by atoms with Crippen molar-refractivity contribution in [3.63, 3.8) is 0 Å². The predicted octanol–water partition coefficient (Wildman–Crippen LogP) is 4.70. The molecule has 166 valence electrons. The monoisotopic (exact) mass is 445 g/mol. The van der Waals surface area contributed by atoms with Gasteiger partial charge >= 0.3 is 0 Å². The number of aryl methyl sites for hydroxylation is 1. The molecule has 6 nitrogen and oxygen atoms in total. The van der Waals surface area contributed by atoms with Crippen LogP contribution in [0.2, 0.25) is 5.02 Å². The number of aliphatic hydroxyl groups excluding tert-OH is 1. The molecule has 3 rings (SSSR count). The number of halogens is 1. The summed E-state index contributed by atoms with van der Waals surface area (Å²) < 4.78 is 22.0. The lowest BCUT2D eigenvalue weighted by atomic mass is 10.1. The molecule has 31 heavy (non-hydrogen) atoms. The first kappa shape index (κ1) is 23.0. The van der Waals surface area contributed by atoms with Crippen LogP contribution in [0, 0.1) is 6.92 Å². The van der Waals surface area contributed by atoms with Gasteiger partial charge in [0.2, 0.25) is 0 Å². The van der Waals surface area contributed by atoms with Crippen molar-refractivity contribution in [2.24, 2.45) is 0 Å². The van der Waals surface area contributed by atoms with Gasteiger partial charge in [-0.2, -0.15) is 0 Å². The van der Waals surface area contributed by atoms with E-state index in [1.807, 2.05) is 43.3 Å². The molecular weight excluding hydrogens is 418 g/mol. The van der Waals surface area contributed by atoms with Crippen LogP contribution in [0.5, 0.6) is 17.2 Å². The van der Waals surface area contributed by atoms with Crippen LogP contribution in [-0.2, 0) is 13.1 Å². The second-order valence-corrected chi connectivity index (χ2v) is 7.72. The number of hydrogen-bond acceptors (Lipinski definition) is 6. The molecule has 0 saturated carbocycles. The minimum Gasteiger partial charge on any atom is -0.493 e. The molecule has 0 radical (unpaired) electrons. The third-order valence-corrected chi connectivity index (χ3v) is 5.28. The molecule has 1 atom stereocenters. The quantitative estimate of drug-likeness (QED) is 0.461. The fourth-order valence-electron chi connectivity index (χ4n) is 3.30. The van der Waals surface area contributed by atoms with E-state index in [1.54, 1.807) is 32.6 Å². The lowest BCUT2D eigenvalue weighted by Crippen LogP contribution is -2.35. The molecule has 0 saturated heterocycles. The summed E-state index contributed by atoms with van der Waals surface area (Å²) in [6.45, 7) is 3.64. The molecule has 0 spiro atoms. The predicted molar refractivity (Wildman–Crippen MR) is 120 cm³/mol. The Labute approximate surface area is 187 Å². The highest BCUT2D eigenvalue weighted by Gasteiger charge is 2.16. The van der Waals surface area contributed by atoms with E-state index in [0.717, 1.165) is 16.9 Å². The third kappa shape index (κ3) is 6.66. The molecule has 7 heteroatoms. The van der Waals surface area contributed by atoms with Crippen molar-refractivity contribution in [3.05, 3.63) is 76.7 Å². The summed E-state index contributed by atoms with van der Waals surface area (Å²) in [5.74, 6) is 2.84. The highest BCUT2D eigenvalue weighted by Crippen LogP contribution is 2.28. The SMILES string of the molecule is COc1ccc(CN(Cc2ccco2)CC(O)COc2ccc(Cl)c(C)c2)cc1OC. The zero-order valence-corrected chi connectivity index (χ0v) is 18.8. The number of hydrogen-bond donors (Lipinski definition) is 1. The standard InChI is InChI=1S/C24H28ClNO5/c1-17-11-20(7-8-22(17)25)31-16-19(27)14-26(15-21-5-4-10-30-21)13-18-6-9-23(28-2)24(12-18)29-3/h4-12,19,27H,13-16H2,1-3H3. The van der Waals surface area contributed by atoms with Crippen LogP contribution in [0.15, 0.2) is 59.2 Å². The van der Waals surface area contributed by atoms with Crippen LogP contribution < -0.4 is 14.2 Å². The van der Waals surface area contributed by atoms with Gasteiger partial charge in [0.1, 0.15) is 24.2 Å². The van der Waals surface area contributed by atoms with E-state index in [9.17, 15) is 5.11 Å². The minimum absolute atomic E-state index is 0.168. The Morgan fingerprint density at radius 1 is 1.03 bits per heavy atom. The van der Waals surface area contributed by atoms with Crippen molar-refractivity contribution in [3.8, 4) is 17.2 Å². The normalized spacial score (nSPS) is 12.1. The van der Waals surface area contributed by atoms with E-state index in [4.69, 9.17) is 30.2 Å². The van der Waals surface area contributed by atoms with E-state index in [1.165, 1.54) is 0 Å². The summed E-state index contributed by atoms with van der Waals surface area (Å²) in [7, 11) is 3.22. The lowest BCUT2D eigenvalue weighted by Gasteiger charge is -2.25. The second kappa shape index (κ2) is 11.1. The number of nitrogens with zero attached hydrogens (tertiary/aromatic N) is 1. The van der Waals surface area contributed by atoms with Crippen LogP contribution >= 0.6 is 11.6 Å². The molecule has 1 unspecified atom stereocenters. The molecule has 0 aliphatic carbocycles. The first-order chi connectivity index (χ1) is 15.0. The van der Waals surface area contributed by atoms with Gasteiger partial charge in [0.25, 0.3) is 0 Å². The van der Waals surface area contributed by atoms with Gasteiger partial charge in [-0.1, -0.05) is 17.7 Å². The Morgan fingerprint density at radius 2 is 1.84 bits per heavy atom. The van der Waals surface area contributed by atoms with Crippen molar-refractivity contribution in [2.75, 3.05) is 27.4 Å². The van der Waals surface area contributed by atoms with Crippen LogP contribution in [-0.4, -0.2) is 43.5 Å². The largest absolute Gasteiger partial charge is 0.493 e. The topological polar surface area (TPSA) is 64.3 Å². The van der Waals surface area contributed by atoms with Crippen LogP contribution in [0.3, 0.4) is 0 Å². The number of methoxy groups -OCH3 is 2. The van der Waals surface area contributed by atoms with E-state index < -0.39 is 6.10 Å². The molecular formula is C24H28ClNO5. The summed E-state index contributed by atoms with van der Waals surface area (Å²) in [4.78, 5) is 2.10. The van der Waals surface area contributed by atoms with Gasteiger partial charge in [-0.25, -0.2) is 0 Å². The van der Waals surface area contributed by atoms with Crippen molar-refractivity contribution in [1.29, 1.82) is 0 Å². The highest BCUT2D eigenvalue weighted by atomic mass is 35.5. The number of ether oxygens (including phenoxy) is 3. The number of furan rings is 1. The Hall–Kier alpha value is -2.67. The summed E-state index contributed by atoms with van der Waals surface area (Å²) in [6, 6.07) is 15.0. The summed E-state index contributed by atoms with van der Waals surface area (Å²) >= 11 is 6.06. The Bertz CT molecular complexity index is 961. The van der Waals surface area contributed by atoms with E-state index >= 15 is 0 Å². The van der Waals surface area contributed by atoms with E-state index in [2.05, 4.69) is 4.90 Å². The minimum atomic E-state index is -0.689. The number of benzene rings is 2. The lowest BCUT2D eigenvalue weighted by molar-refractivity contribution is 0.0604. The number of aliphatic hydroxyl groups is 1. The Morgan fingerprint density at radius 3 is 2.52 bits per heavy atom. The zero-order valence-electron chi connectivity index (χ0n) is 18.0. The Balaban J connectivity index is 1.66. The van der Waals surface area contributed by atoms with E-state index in [0.29, 0.717) is 41.9 Å². The fourth-order valence-corrected chi connectivity index (χ4v) is 3.41. The van der Waals surface area contributed by atoms with Crippen molar-refractivity contribution in [2.45, 2.75) is 26.1 Å². The van der Waals surface area contributed by atoms with Gasteiger partial charge in [-0.3, -0.25) is 4.90 Å². The molecule has 1 N–H and O–H groups in total. The molecule has 0 amide bonds. The first-order valence-electron chi connectivity index (χ1n) is 10.0. The van der Waals surface area contributed by atoms with Crippen molar-refractivity contribution < 1.29 is 23.7 Å². The van der Waals surface area contributed by atoms with Crippen molar-refractivity contribution in [1.82, 2.24) is 4.90 Å². The molecule has 0 bridgehead atoms. The van der Waals surface area contributed by atoms with Gasteiger partial charge in [-0.15, -0.1) is 0 Å². The summed E-state index contributed by atoms with van der Waals surface area (Å²) in [5, 5.41) is 11.3. The maximum Gasteiger partial charge on any atom is 0.161 e. The maximum absolute atomic E-state index is 10.6. The van der Waals surface area contributed by atoms with Gasteiger partial charge in [0.05, 0.1) is 27.0 Å². The molecule has 1 heterocycles. The Kier molecular flexibility index (Phi) is 8.23. The molecule has 0 fully saturated rings. The molecule has 2 aromatic carbocycles. The van der Waals surface area contributed by atoms with Crippen LogP contribution in [0.25, 0.3) is 0 Å². The van der Waals surface area contributed by atoms with Crippen molar-refractivity contribution >= 4 is 11.6 Å². The third-order valence-electron chi connectivity index (χ3n) is 4.85. The maximum atomic E-state index is 10.6. The van der Waals surface area contributed by atoms with Gasteiger partial charge in [-0.05, 0) is 60.5 Å². The van der Waals surface area contributed by atoms with E-state index in [-0.39, 0.29) is 6.61 Å². The first-order valence-corrected chi connectivity index (χ1v) is 10.4. The fraction of sp³-hybridized carbons (Fsp3) is 0.333. The zero-order chi connectivity index (χ0) is 22.2. The van der Waals surface area contributed by atoms with Crippen LogP contribution in [0.4, 0.5) is 0 Å². The number of rotatable bonds is 11. The average Bonchev–Trinajstić information content (AvgIpc) is 3.27. The average molecular weight is 446 g/mol. The highest BCUT2D eigenvalue weighted by molar-refractivity contribution is 6.31. The summed E-state index contributed by atoms with van der Waals surface area (Å²) in [5.41, 5.74) is 1.97. The molecule has 0 aliphatic rings. The second-order valence-electron chi connectivity index (χ2n) is 7.31. The van der Waals surface area contributed by atoms with Crippen LogP contribution in [0.1, 0.15) is 16.9 Å². The summed E-state index contributed by atoms with van der Waals surface area (Å²) in [6.07, 6.45) is 0.956. The van der Waals surface area contributed by atoms with Gasteiger partial charge in [0.15, 0.2) is 11.5 Å².